The van der Waals surface area contributed by atoms with Gasteiger partial charge in [-0.15, -0.1) is 10.2 Å². The second-order valence-corrected chi connectivity index (χ2v) is 8.19. The quantitative estimate of drug-likeness (QED) is 0.615. The van der Waals surface area contributed by atoms with E-state index in [0.717, 1.165) is 5.69 Å². The highest BCUT2D eigenvalue weighted by molar-refractivity contribution is 5.83. The number of hydrogen-bond acceptors (Lipinski definition) is 9. The van der Waals surface area contributed by atoms with Crippen LogP contribution in [-0.2, 0) is 19.0 Å². The average Bonchev–Trinajstić information content (AvgIpc) is 3.33. The van der Waals surface area contributed by atoms with Crippen LogP contribution in [0.5, 0.6) is 0 Å². The summed E-state index contributed by atoms with van der Waals surface area (Å²) in [6.07, 6.45) is 1.64. The number of aromatic nitrogens is 8. The van der Waals surface area contributed by atoms with Crippen LogP contribution in [0.3, 0.4) is 0 Å². The monoisotopic (exact) mass is 387 g/mol. The summed E-state index contributed by atoms with van der Waals surface area (Å²) < 4.78 is 3.38. The fourth-order valence-electron chi connectivity index (χ4n) is 3.41. The predicted octanol–water partition coefficient (Wildman–Crippen LogP) is -0.372. The number of aliphatic hydroxyl groups is 2. The van der Waals surface area contributed by atoms with Gasteiger partial charge in [0.05, 0.1) is 37.2 Å². The number of fused-ring (bicyclic) bond motifs is 1. The summed E-state index contributed by atoms with van der Waals surface area (Å²) in [7, 11) is 1.82. The molecule has 28 heavy (non-hydrogen) atoms. The van der Waals surface area contributed by atoms with Gasteiger partial charge in [-0.1, -0.05) is 31.2 Å². The Balaban J connectivity index is 1.86. The van der Waals surface area contributed by atoms with Gasteiger partial charge in [-0.2, -0.15) is 0 Å². The number of anilines is 1. The molecule has 4 heterocycles. The molecule has 1 fully saturated rings. The van der Waals surface area contributed by atoms with Crippen molar-refractivity contribution in [1.82, 2.24) is 40.0 Å². The Bertz CT molecular complexity index is 990. The van der Waals surface area contributed by atoms with E-state index in [9.17, 15) is 10.2 Å². The van der Waals surface area contributed by atoms with Crippen molar-refractivity contribution in [2.45, 2.75) is 51.3 Å². The second-order valence-electron chi connectivity index (χ2n) is 8.19. The molecule has 3 aromatic rings. The Morgan fingerprint density at radius 1 is 1.21 bits per heavy atom. The van der Waals surface area contributed by atoms with Gasteiger partial charge in [0.2, 0.25) is 0 Å². The molecule has 2 N–H and O–H groups in total. The van der Waals surface area contributed by atoms with Gasteiger partial charge >= 0.3 is 0 Å². The van der Waals surface area contributed by atoms with Gasteiger partial charge in [0.25, 0.3) is 0 Å². The zero-order valence-electron chi connectivity index (χ0n) is 16.5. The van der Waals surface area contributed by atoms with Gasteiger partial charge in [-0.25, -0.2) is 14.6 Å². The molecule has 11 heteroatoms. The second kappa shape index (κ2) is 6.74. The molecule has 0 aromatic carbocycles. The molecular formula is C17H25N9O2. The van der Waals surface area contributed by atoms with Crippen LogP contribution in [0.15, 0.2) is 6.20 Å². The van der Waals surface area contributed by atoms with E-state index in [1.54, 1.807) is 15.6 Å². The van der Waals surface area contributed by atoms with Crippen molar-refractivity contribution in [3.8, 4) is 0 Å². The molecule has 1 aliphatic heterocycles. The predicted molar refractivity (Wildman–Crippen MR) is 101 cm³/mol. The van der Waals surface area contributed by atoms with Crippen molar-refractivity contribution in [3.05, 3.63) is 17.7 Å². The van der Waals surface area contributed by atoms with Crippen molar-refractivity contribution >= 4 is 17.0 Å². The van der Waals surface area contributed by atoms with Crippen LogP contribution in [0.1, 0.15) is 38.7 Å². The van der Waals surface area contributed by atoms with Crippen LogP contribution in [0, 0.1) is 0 Å². The molecule has 0 bridgehead atoms. The molecule has 150 valence electrons. The number of nitrogens with zero attached hydrogens (tertiary/aromatic N) is 9. The largest absolute Gasteiger partial charge is 0.394 e. The molecule has 0 spiro atoms. The van der Waals surface area contributed by atoms with Crippen LogP contribution in [0.4, 0.5) is 5.82 Å². The summed E-state index contributed by atoms with van der Waals surface area (Å²) in [4.78, 5) is 11.4. The average molecular weight is 387 g/mol. The Hall–Kier alpha value is -2.66. The Kier molecular flexibility index (Phi) is 4.50. The van der Waals surface area contributed by atoms with E-state index < -0.39 is 12.1 Å². The molecule has 2 atom stereocenters. The molecular weight excluding hydrogens is 362 g/mol. The van der Waals surface area contributed by atoms with Gasteiger partial charge in [0, 0.05) is 19.0 Å². The Labute approximate surface area is 162 Å². The number of aliphatic hydroxyl groups excluding tert-OH is 2. The molecule has 0 radical (unpaired) electrons. The Morgan fingerprint density at radius 2 is 2.00 bits per heavy atom. The molecule has 11 nitrogen and oxygen atoms in total. The van der Waals surface area contributed by atoms with Crippen molar-refractivity contribution in [3.63, 3.8) is 0 Å². The highest BCUT2D eigenvalue weighted by Crippen LogP contribution is 2.31. The first-order valence-corrected chi connectivity index (χ1v) is 9.30. The first kappa shape index (κ1) is 18.7. The lowest BCUT2D eigenvalue weighted by atomic mass is 9.95. The van der Waals surface area contributed by atoms with E-state index in [1.807, 2.05) is 32.7 Å². The fourth-order valence-corrected chi connectivity index (χ4v) is 3.41. The summed E-state index contributed by atoms with van der Waals surface area (Å²) >= 11 is 0. The minimum absolute atomic E-state index is 0.160. The standard InChI is InChI=1S/C17H25N9O2/c1-17(2,3)16-19-14(25-6-5-12(28)11(25)9-27)13-15(20-16)26(23-21-13)8-10-7-18-22-24(10)4/h7,11-12,27-28H,5-6,8-9H2,1-4H3/t11-,12-/m0/s1. The van der Waals surface area contributed by atoms with E-state index in [0.29, 0.717) is 42.3 Å². The third kappa shape index (κ3) is 3.10. The number of hydrogen-bond donors (Lipinski definition) is 2. The SMILES string of the molecule is Cn1nncc1Cn1nnc2c(N3CC[C@H](O)[C@@H]3CO)nc(C(C)(C)C)nc21. The lowest BCUT2D eigenvalue weighted by molar-refractivity contribution is 0.128. The molecule has 0 amide bonds. The summed E-state index contributed by atoms with van der Waals surface area (Å²) in [5.74, 6) is 1.25. The molecule has 4 rings (SSSR count). The van der Waals surface area contributed by atoms with Gasteiger partial charge < -0.3 is 15.1 Å². The Morgan fingerprint density at radius 3 is 2.64 bits per heavy atom. The maximum atomic E-state index is 10.2. The normalized spacial score (nSPS) is 20.4. The highest BCUT2D eigenvalue weighted by atomic mass is 16.3. The van der Waals surface area contributed by atoms with Crippen LogP contribution >= 0.6 is 0 Å². The molecule has 3 aromatic heterocycles. The first-order chi connectivity index (χ1) is 13.3. The van der Waals surface area contributed by atoms with Crippen molar-refractivity contribution in [1.29, 1.82) is 0 Å². The summed E-state index contributed by atoms with van der Waals surface area (Å²) in [6.45, 7) is 6.97. The van der Waals surface area contributed by atoms with Gasteiger partial charge in [0.15, 0.2) is 17.0 Å². The molecule has 0 saturated carbocycles. The molecule has 0 unspecified atom stereocenters. The lowest BCUT2D eigenvalue weighted by Gasteiger charge is -2.27. The minimum Gasteiger partial charge on any atom is -0.394 e. The van der Waals surface area contributed by atoms with E-state index in [4.69, 9.17) is 9.97 Å². The third-order valence-corrected chi connectivity index (χ3v) is 5.10. The molecule has 0 aliphatic carbocycles. The topological polar surface area (TPSA) is 131 Å². The lowest BCUT2D eigenvalue weighted by Crippen LogP contribution is -2.39. The zero-order valence-corrected chi connectivity index (χ0v) is 16.5. The van der Waals surface area contributed by atoms with Crippen LogP contribution < -0.4 is 4.90 Å². The third-order valence-electron chi connectivity index (χ3n) is 5.10. The van der Waals surface area contributed by atoms with Gasteiger partial charge in [0.1, 0.15) is 5.82 Å². The smallest absolute Gasteiger partial charge is 0.184 e. The van der Waals surface area contributed by atoms with Gasteiger partial charge in [-0.3, -0.25) is 4.68 Å². The number of aryl methyl sites for hydroxylation is 1. The maximum absolute atomic E-state index is 10.2. The summed E-state index contributed by atoms with van der Waals surface area (Å²) in [5, 5.41) is 36.5. The summed E-state index contributed by atoms with van der Waals surface area (Å²) in [5.41, 5.74) is 1.73. The van der Waals surface area contributed by atoms with Crippen LogP contribution in [0.2, 0.25) is 0 Å². The molecule has 1 aliphatic rings. The summed E-state index contributed by atoms with van der Waals surface area (Å²) in [6, 6.07) is -0.419. The highest BCUT2D eigenvalue weighted by Gasteiger charge is 2.36. The van der Waals surface area contributed by atoms with E-state index in [2.05, 4.69) is 20.6 Å². The van der Waals surface area contributed by atoms with Crippen molar-refractivity contribution in [2.75, 3.05) is 18.1 Å². The van der Waals surface area contributed by atoms with Crippen molar-refractivity contribution in [2.24, 2.45) is 7.05 Å². The minimum atomic E-state index is -0.608. The molecule has 1 saturated heterocycles. The maximum Gasteiger partial charge on any atom is 0.184 e. The van der Waals surface area contributed by atoms with Gasteiger partial charge in [-0.05, 0) is 6.42 Å². The van der Waals surface area contributed by atoms with E-state index >= 15 is 0 Å². The first-order valence-electron chi connectivity index (χ1n) is 9.30. The van der Waals surface area contributed by atoms with Crippen LogP contribution in [0.25, 0.3) is 11.2 Å². The zero-order chi connectivity index (χ0) is 20.1. The van der Waals surface area contributed by atoms with Crippen LogP contribution in [-0.4, -0.2) is 75.5 Å². The van der Waals surface area contributed by atoms with E-state index in [1.165, 1.54) is 0 Å². The van der Waals surface area contributed by atoms with E-state index in [-0.39, 0.29) is 12.0 Å². The number of rotatable bonds is 4. The fraction of sp³-hybridized carbons (Fsp3) is 0.647. The van der Waals surface area contributed by atoms with Crippen molar-refractivity contribution < 1.29 is 10.2 Å².